The summed E-state index contributed by atoms with van der Waals surface area (Å²) < 4.78 is 11.0. The summed E-state index contributed by atoms with van der Waals surface area (Å²) in [5.74, 6) is -1.23. The molecule has 0 bridgehead atoms. The van der Waals surface area contributed by atoms with Crippen LogP contribution in [0, 0.1) is 13.8 Å². The van der Waals surface area contributed by atoms with Crippen LogP contribution >= 0.6 is 0 Å². The van der Waals surface area contributed by atoms with Gasteiger partial charge in [0.05, 0.1) is 0 Å². The number of benzene rings is 1. The molecule has 1 aromatic carbocycles. The molecule has 2 aromatic rings. The summed E-state index contributed by atoms with van der Waals surface area (Å²) in [7, 11) is 0. The van der Waals surface area contributed by atoms with Gasteiger partial charge in [-0.25, -0.2) is 0 Å². The third-order valence-corrected chi connectivity index (χ3v) is 4.54. The van der Waals surface area contributed by atoms with Gasteiger partial charge in [0.1, 0.15) is 12.1 Å². The zero-order valence-corrected chi connectivity index (χ0v) is 13.9. The number of nitrogens with zero attached hydrogens (tertiary/aromatic N) is 1. The first-order valence-corrected chi connectivity index (χ1v) is 8.07. The van der Waals surface area contributed by atoms with E-state index in [1.807, 2.05) is 26.0 Å². The van der Waals surface area contributed by atoms with Gasteiger partial charge in [-0.1, -0.05) is 0 Å². The summed E-state index contributed by atoms with van der Waals surface area (Å²) in [4.78, 5) is 25.4. The normalized spacial score (nSPS) is 15.6. The number of fused-ring (bicyclic) bond motifs is 1. The number of carbonyl (C=O) groups is 2. The Morgan fingerprint density at radius 1 is 1.17 bits per heavy atom. The maximum Gasteiger partial charge on any atom is 0.323 e. The van der Waals surface area contributed by atoms with Crippen LogP contribution in [0.2, 0.25) is 0 Å². The Morgan fingerprint density at radius 2 is 1.83 bits per heavy atom. The van der Waals surface area contributed by atoms with Crippen molar-refractivity contribution in [1.82, 2.24) is 4.90 Å². The molecule has 24 heavy (non-hydrogen) atoms. The average Bonchev–Trinajstić information content (AvgIpc) is 2.96. The van der Waals surface area contributed by atoms with Gasteiger partial charge in [0.25, 0.3) is 5.91 Å². The highest BCUT2D eigenvalue weighted by Gasteiger charge is 2.30. The van der Waals surface area contributed by atoms with Gasteiger partial charge >= 0.3 is 5.97 Å². The molecule has 0 atom stereocenters. The number of aliphatic carboxylic acids is 1. The fourth-order valence-corrected chi connectivity index (χ4v) is 3.06. The van der Waals surface area contributed by atoms with Crippen LogP contribution in [0.4, 0.5) is 0 Å². The summed E-state index contributed by atoms with van der Waals surface area (Å²) in [5.41, 5.74) is 2.85. The molecule has 3 rings (SSSR count). The quantitative estimate of drug-likeness (QED) is 0.932. The number of hydrogen-bond acceptors (Lipinski definition) is 4. The number of carboxylic acids is 1. The highest BCUT2D eigenvalue weighted by atomic mass is 16.5. The Hall–Kier alpha value is -2.34. The minimum atomic E-state index is -1.03. The fourth-order valence-electron chi connectivity index (χ4n) is 3.06. The summed E-state index contributed by atoms with van der Waals surface area (Å²) in [6.07, 6.45) is 1.27. The zero-order chi connectivity index (χ0) is 17.3. The maximum absolute atomic E-state index is 12.8. The molecule has 1 amide bonds. The summed E-state index contributed by atoms with van der Waals surface area (Å²) >= 11 is 0. The number of carboxylic acid groups (broad SMARTS) is 1. The van der Waals surface area contributed by atoms with Crippen LogP contribution in [0.15, 0.2) is 22.6 Å². The minimum Gasteiger partial charge on any atom is -0.480 e. The van der Waals surface area contributed by atoms with E-state index < -0.39 is 5.97 Å². The maximum atomic E-state index is 12.8. The molecule has 128 valence electrons. The topological polar surface area (TPSA) is 80.0 Å². The summed E-state index contributed by atoms with van der Waals surface area (Å²) in [6, 6.07) is 5.43. The summed E-state index contributed by atoms with van der Waals surface area (Å²) in [6.45, 7) is 4.72. The number of ether oxygens (including phenoxy) is 1. The van der Waals surface area contributed by atoms with Gasteiger partial charge in [-0.05, 0) is 56.0 Å². The molecular formula is C18H21NO5. The molecular weight excluding hydrogens is 310 g/mol. The van der Waals surface area contributed by atoms with Crippen LogP contribution in [-0.4, -0.2) is 47.7 Å². The Kier molecular flexibility index (Phi) is 4.57. The van der Waals surface area contributed by atoms with Crippen LogP contribution in [0.25, 0.3) is 11.0 Å². The lowest BCUT2D eigenvalue weighted by Gasteiger charge is -2.32. The second kappa shape index (κ2) is 6.65. The molecule has 1 aromatic heterocycles. The number of furan rings is 1. The highest BCUT2D eigenvalue weighted by Crippen LogP contribution is 2.25. The monoisotopic (exact) mass is 331 g/mol. The zero-order valence-electron chi connectivity index (χ0n) is 13.9. The average molecular weight is 331 g/mol. The summed E-state index contributed by atoms with van der Waals surface area (Å²) in [5, 5.41) is 10.0. The molecule has 2 heterocycles. The molecule has 1 fully saturated rings. The minimum absolute atomic E-state index is 0.140. The van der Waals surface area contributed by atoms with Crippen molar-refractivity contribution in [2.75, 3.05) is 19.8 Å². The fraction of sp³-hybridized carbons (Fsp3) is 0.444. The lowest BCUT2D eigenvalue weighted by molar-refractivity contribution is -0.138. The van der Waals surface area contributed by atoms with E-state index in [1.165, 1.54) is 4.90 Å². The molecule has 1 aliphatic rings. The Labute approximate surface area is 140 Å². The predicted octanol–water partition coefficient (Wildman–Crippen LogP) is 2.76. The van der Waals surface area contributed by atoms with Gasteiger partial charge in [0.15, 0.2) is 5.76 Å². The molecule has 0 spiro atoms. The van der Waals surface area contributed by atoms with Crippen molar-refractivity contribution in [1.29, 1.82) is 0 Å². The predicted molar refractivity (Wildman–Crippen MR) is 88.2 cm³/mol. The smallest absolute Gasteiger partial charge is 0.323 e. The SMILES string of the molecule is Cc1cc2cc(C(=O)N(CC(=O)O)C3CCOCC3)oc2cc1C. The third kappa shape index (κ3) is 3.28. The first-order valence-electron chi connectivity index (χ1n) is 8.07. The molecule has 6 heteroatoms. The number of aryl methyl sites for hydroxylation is 2. The Bertz CT molecular complexity index is 734. The van der Waals surface area contributed by atoms with E-state index in [-0.39, 0.29) is 24.3 Å². The largest absolute Gasteiger partial charge is 0.480 e. The first-order chi connectivity index (χ1) is 11.5. The third-order valence-electron chi connectivity index (χ3n) is 4.54. The number of amides is 1. The van der Waals surface area contributed by atoms with Crippen molar-refractivity contribution in [2.45, 2.75) is 32.7 Å². The molecule has 1 saturated heterocycles. The highest BCUT2D eigenvalue weighted by molar-refractivity contribution is 5.97. The van der Waals surface area contributed by atoms with Gasteiger partial charge in [0, 0.05) is 24.6 Å². The molecule has 0 aliphatic carbocycles. The van der Waals surface area contributed by atoms with E-state index in [4.69, 9.17) is 14.3 Å². The van der Waals surface area contributed by atoms with Gasteiger partial charge in [-0.15, -0.1) is 0 Å². The van der Waals surface area contributed by atoms with E-state index in [1.54, 1.807) is 6.07 Å². The van der Waals surface area contributed by atoms with Crippen LogP contribution in [-0.2, 0) is 9.53 Å². The van der Waals surface area contributed by atoms with Crippen LogP contribution in [0.5, 0.6) is 0 Å². The van der Waals surface area contributed by atoms with Crippen molar-refractivity contribution < 1.29 is 23.8 Å². The van der Waals surface area contributed by atoms with Crippen LogP contribution < -0.4 is 0 Å². The second-order valence-corrected chi connectivity index (χ2v) is 6.26. The van der Waals surface area contributed by atoms with Crippen molar-refractivity contribution in [3.8, 4) is 0 Å². The van der Waals surface area contributed by atoms with Gasteiger partial charge < -0.3 is 19.2 Å². The van der Waals surface area contributed by atoms with Crippen molar-refractivity contribution in [3.05, 3.63) is 35.1 Å². The Morgan fingerprint density at radius 3 is 2.50 bits per heavy atom. The van der Waals surface area contributed by atoms with E-state index in [0.29, 0.717) is 31.6 Å². The number of rotatable bonds is 4. The van der Waals surface area contributed by atoms with Gasteiger partial charge in [0.2, 0.25) is 0 Å². The number of carbonyl (C=O) groups excluding carboxylic acids is 1. The molecule has 0 saturated carbocycles. The van der Waals surface area contributed by atoms with E-state index in [0.717, 1.165) is 16.5 Å². The second-order valence-electron chi connectivity index (χ2n) is 6.26. The van der Waals surface area contributed by atoms with Crippen molar-refractivity contribution in [3.63, 3.8) is 0 Å². The molecule has 1 N–H and O–H groups in total. The van der Waals surface area contributed by atoms with Crippen molar-refractivity contribution in [2.24, 2.45) is 0 Å². The molecule has 6 nitrogen and oxygen atoms in total. The van der Waals surface area contributed by atoms with E-state index >= 15 is 0 Å². The standard InChI is InChI=1S/C18H21NO5/c1-11-7-13-9-16(24-15(13)8-12(11)2)18(22)19(10-17(20)21)14-3-5-23-6-4-14/h7-9,14H,3-6,10H2,1-2H3,(H,20,21). The van der Waals surface area contributed by atoms with Crippen LogP contribution in [0.1, 0.15) is 34.5 Å². The van der Waals surface area contributed by atoms with Crippen molar-refractivity contribution >= 4 is 22.8 Å². The molecule has 0 radical (unpaired) electrons. The lowest BCUT2D eigenvalue weighted by Crippen LogP contribution is -2.45. The van der Waals surface area contributed by atoms with Crippen LogP contribution in [0.3, 0.4) is 0 Å². The first kappa shape index (κ1) is 16.5. The molecule has 0 unspecified atom stereocenters. The van der Waals surface area contributed by atoms with E-state index in [2.05, 4.69) is 0 Å². The number of hydrogen-bond donors (Lipinski definition) is 1. The van der Waals surface area contributed by atoms with E-state index in [9.17, 15) is 9.59 Å². The Balaban J connectivity index is 1.92. The molecule has 1 aliphatic heterocycles. The van der Waals surface area contributed by atoms with Gasteiger partial charge in [-0.2, -0.15) is 0 Å². The van der Waals surface area contributed by atoms with Gasteiger partial charge in [-0.3, -0.25) is 9.59 Å². The lowest BCUT2D eigenvalue weighted by atomic mass is 10.1.